The van der Waals surface area contributed by atoms with Gasteiger partial charge in [-0.3, -0.25) is 0 Å². The Kier molecular flexibility index (Phi) is 18.8. The molecule has 0 aliphatic heterocycles. The summed E-state index contributed by atoms with van der Waals surface area (Å²) in [7, 11) is 0. The van der Waals surface area contributed by atoms with E-state index in [9.17, 15) is 29.7 Å². The van der Waals surface area contributed by atoms with Gasteiger partial charge in [0.05, 0.1) is 0 Å². The topological polar surface area (TPSA) is 112 Å². The van der Waals surface area contributed by atoms with Crippen molar-refractivity contribution in [3.63, 3.8) is 0 Å². The molecule has 0 unspecified atom stereocenters. The zero-order valence-electron chi connectivity index (χ0n) is 41.3. The van der Waals surface area contributed by atoms with Crippen LogP contribution >= 0.6 is 62.4 Å². The standard InChI is InChI=1S/3C21H20BrO2P/c3*22-25(17-16-21(23)24,18-10-4-1-5-11-18,19-12-6-2-7-13-19)20-14-8-3-9-15-20/h3*1-15H,16-17H2,(H,23,24). The molecule has 0 aliphatic carbocycles. The number of hydrogen-bond acceptors (Lipinski definition) is 3. The first kappa shape index (κ1) is 56.8. The van der Waals surface area contributed by atoms with E-state index in [-0.39, 0.29) is 19.3 Å². The Morgan fingerprint density at radius 2 is 0.347 bits per heavy atom. The number of carboxylic acid groups (broad SMARTS) is 3. The number of halogens is 3. The minimum atomic E-state index is -3.06. The molecule has 0 aromatic heterocycles. The average molecular weight is 1250 g/mol. The SMILES string of the molecule is O=C(O)CCP(Br)(c1ccccc1)(c1ccccc1)c1ccccc1.O=C(O)CCP(Br)(c1ccccc1)(c1ccccc1)c1ccccc1.O=C(O)CCP(Br)(c1ccccc1)(c1ccccc1)c1ccccc1. The molecule has 0 radical (unpaired) electrons. The third kappa shape index (κ3) is 11.8. The quantitative estimate of drug-likeness (QED) is 0.0738. The molecule has 384 valence electrons. The molecule has 0 saturated carbocycles. The van der Waals surface area contributed by atoms with E-state index in [1.54, 1.807) is 0 Å². The van der Waals surface area contributed by atoms with Crippen molar-refractivity contribution in [2.24, 2.45) is 0 Å². The fraction of sp³-hybridized carbons (Fsp3) is 0.0952. The van der Waals surface area contributed by atoms with Crippen LogP contribution in [0.25, 0.3) is 0 Å². The van der Waals surface area contributed by atoms with Gasteiger partial charge in [-0.1, -0.05) is 0 Å². The van der Waals surface area contributed by atoms with E-state index in [2.05, 4.69) is 156 Å². The van der Waals surface area contributed by atoms with E-state index in [0.717, 1.165) is 47.7 Å². The molecule has 0 amide bonds. The molecule has 3 N–H and O–H groups in total. The van der Waals surface area contributed by atoms with Gasteiger partial charge in [0.15, 0.2) is 0 Å². The molecular weight excluding hydrogens is 1190 g/mol. The fourth-order valence-electron chi connectivity index (χ4n) is 10.1. The van der Waals surface area contributed by atoms with E-state index >= 15 is 0 Å². The Labute approximate surface area is 464 Å². The molecule has 6 nitrogen and oxygen atoms in total. The second kappa shape index (κ2) is 24.9. The van der Waals surface area contributed by atoms with Crippen LogP contribution in [0.3, 0.4) is 0 Å². The van der Waals surface area contributed by atoms with E-state index < -0.39 is 33.8 Å². The van der Waals surface area contributed by atoms with E-state index in [1.165, 1.54) is 0 Å². The first-order chi connectivity index (χ1) is 36.2. The Morgan fingerprint density at radius 3 is 0.440 bits per heavy atom. The van der Waals surface area contributed by atoms with Crippen LogP contribution in [0.1, 0.15) is 19.3 Å². The Morgan fingerprint density at radius 1 is 0.240 bits per heavy atom. The normalized spacial score (nSPS) is 12.9. The molecule has 75 heavy (non-hydrogen) atoms. The number of carbonyl (C=O) groups is 3. The second-order valence-electron chi connectivity index (χ2n) is 18.2. The van der Waals surface area contributed by atoms with Crippen LogP contribution in [-0.2, 0) is 14.4 Å². The predicted octanol–water partition coefficient (Wildman–Crippen LogP) is 12.9. The van der Waals surface area contributed by atoms with Crippen LogP contribution in [0.2, 0.25) is 0 Å². The minimum absolute atomic E-state index is 0.0990. The van der Waals surface area contributed by atoms with Crippen molar-refractivity contribution in [1.82, 2.24) is 0 Å². The summed E-state index contributed by atoms with van der Waals surface area (Å²) in [5.41, 5.74) is 0. The molecule has 0 heterocycles. The molecule has 0 aliphatic rings. The Hall–Kier alpha value is -5.88. The van der Waals surface area contributed by atoms with Crippen molar-refractivity contribution in [1.29, 1.82) is 0 Å². The Balaban J connectivity index is 0.000000164. The van der Waals surface area contributed by atoms with E-state index in [0.29, 0.717) is 18.5 Å². The number of benzene rings is 9. The van der Waals surface area contributed by atoms with E-state index in [1.807, 2.05) is 164 Å². The van der Waals surface area contributed by atoms with Crippen molar-refractivity contribution in [2.75, 3.05) is 18.5 Å². The Bertz CT molecular complexity index is 2610. The average Bonchev–Trinajstić information content (AvgIpc) is 3.48. The number of hydrogen-bond donors (Lipinski definition) is 3. The monoisotopic (exact) mass is 1240 g/mol. The first-order valence-corrected chi connectivity index (χ1v) is 37.8. The van der Waals surface area contributed by atoms with Crippen molar-refractivity contribution in [2.45, 2.75) is 19.3 Å². The van der Waals surface area contributed by atoms with Gasteiger partial charge in [0, 0.05) is 0 Å². The summed E-state index contributed by atoms with van der Waals surface area (Å²) in [5, 5.41) is 29.4. The maximum absolute atomic E-state index is 11.5. The van der Waals surface area contributed by atoms with Crippen LogP contribution in [-0.4, -0.2) is 51.7 Å². The summed E-state index contributed by atoms with van der Waals surface area (Å²) in [6, 6.07) is 92.2. The van der Waals surface area contributed by atoms with Crippen molar-refractivity contribution in [3.8, 4) is 0 Å². The van der Waals surface area contributed by atoms with Crippen LogP contribution in [0.15, 0.2) is 273 Å². The van der Waals surface area contributed by atoms with Gasteiger partial charge in [-0.25, -0.2) is 0 Å². The third-order valence-electron chi connectivity index (χ3n) is 13.9. The van der Waals surface area contributed by atoms with Gasteiger partial charge in [-0.2, -0.15) is 0 Å². The van der Waals surface area contributed by atoms with Gasteiger partial charge >= 0.3 is 468 Å². The van der Waals surface area contributed by atoms with Crippen molar-refractivity contribution >= 4 is 128 Å². The van der Waals surface area contributed by atoms with Gasteiger partial charge in [-0.15, -0.1) is 0 Å². The zero-order chi connectivity index (χ0) is 53.3. The molecule has 12 heteroatoms. The molecule has 0 fully saturated rings. The third-order valence-corrected chi connectivity index (χ3v) is 43.7. The molecule has 0 spiro atoms. The van der Waals surface area contributed by atoms with Crippen LogP contribution in [0, 0.1) is 0 Å². The molecule has 9 aromatic rings. The van der Waals surface area contributed by atoms with Crippen molar-refractivity contribution < 1.29 is 29.7 Å². The van der Waals surface area contributed by atoms with Gasteiger partial charge in [0.25, 0.3) is 0 Å². The number of aliphatic carboxylic acids is 3. The first-order valence-electron chi connectivity index (χ1n) is 24.5. The van der Waals surface area contributed by atoms with Crippen molar-refractivity contribution in [3.05, 3.63) is 273 Å². The van der Waals surface area contributed by atoms with Crippen LogP contribution < -0.4 is 47.7 Å². The molecule has 0 saturated heterocycles. The van der Waals surface area contributed by atoms with Crippen LogP contribution in [0.5, 0.6) is 0 Å². The van der Waals surface area contributed by atoms with Gasteiger partial charge in [-0.05, 0) is 0 Å². The zero-order valence-corrected chi connectivity index (χ0v) is 48.7. The van der Waals surface area contributed by atoms with Gasteiger partial charge < -0.3 is 0 Å². The maximum atomic E-state index is 11.5. The molecule has 9 rings (SSSR count). The number of carboxylic acids is 3. The van der Waals surface area contributed by atoms with Gasteiger partial charge in [0.2, 0.25) is 0 Å². The fourth-order valence-corrected chi connectivity index (χ4v) is 32.0. The molecular formula is C63H60Br3O6P3. The summed E-state index contributed by atoms with van der Waals surface area (Å²) >= 11 is 12.6. The summed E-state index contributed by atoms with van der Waals surface area (Å²) in [5.74, 6) is -2.34. The molecule has 0 bridgehead atoms. The second-order valence-corrected chi connectivity index (χ2v) is 45.3. The molecule has 9 aromatic carbocycles. The number of rotatable bonds is 18. The van der Waals surface area contributed by atoms with E-state index in [4.69, 9.17) is 0 Å². The van der Waals surface area contributed by atoms with Gasteiger partial charge in [0.1, 0.15) is 0 Å². The summed E-state index contributed by atoms with van der Waals surface area (Å²) in [6.07, 6.45) is 1.88. The summed E-state index contributed by atoms with van der Waals surface area (Å²) in [4.78, 5) is 34.4. The summed E-state index contributed by atoms with van der Waals surface area (Å²) < 4.78 is 0. The molecule has 0 atom stereocenters. The summed E-state index contributed by atoms with van der Waals surface area (Å²) in [6.45, 7) is 0. The predicted molar refractivity (Wildman–Crippen MR) is 334 cm³/mol. The van der Waals surface area contributed by atoms with Crippen LogP contribution in [0.4, 0.5) is 0 Å².